The van der Waals surface area contributed by atoms with E-state index in [0.29, 0.717) is 5.69 Å². The van der Waals surface area contributed by atoms with Gasteiger partial charge in [0.25, 0.3) is 5.91 Å². The Balaban J connectivity index is 2.30. The number of anilines is 1. The zero-order chi connectivity index (χ0) is 14.8. The Kier molecular flexibility index (Phi) is 3.89. The largest absolute Gasteiger partial charge is 0.322 e. The Hall–Kier alpha value is -2.16. The summed E-state index contributed by atoms with van der Waals surface area (Å²) in [6.45, 7) is 6.08. The van der Waals surface area contributed by atoms with Crippen molar-refractivity contribution in [3.8, 4) is 0 Å². The summed E-state index contributed by atoms with van der Waals surface area (Å²) in [5.41, 5.74) is 1.52. The number of rotatable bonds is 2. The van der Waals surface area contributed by atoms with Crippen molar-refractivity contribution in [3.63, 3.8) is 0 Å². The van der Waals surface area contributed by atoms with Gasteiger partial charge in [-0.3, -0.25) is 4.79 Å². The fourth-order valence-electron chi connectivity index (χ4n) is 1.89. The van der Waals surface area contributed by atoms with Crippen LogP contribution >= 0.6 is 0 Å². The fourth-order valence-corrected chi connectivity index (χ4v) is 1.89. The molecule has 0 atom stereocenters. The highest BCUT2D eigenvalue weighted by Crippen LogP contribution is 2.24. The first-order chi connectivity index (χ1) is 9.38. The lowest BCUT2D eigenvalue weighted by Gasteiger charge is -2.20. The second-order valence-electron chi connectivity index (χ2n) is 5.76. The molecule has 1 N–H and O–H groups in total. The Morgan fingerprint density at radius 2 is 1.70 bits per heavy atom. The minimum atomic E-state index is -0.508. The molecule has 2 nitrogen and oxygen atoms in total. The van der Waals surface area contributed by atoms with Gasteiger partial charge in [-0.15, -0.1) is 0 Å². The van der Waals surface area contributed by atoms with Gasteiger partial charge in [-0.1, -0.05) is 45.0 Å². The molecule has 20 heavy (non-hydrogen) atoms. The van der Waals surface area contributed by atoms with Gasteiger partial charge >= 0.3 is 0 Å². The highest BCUT2D eigenvalue weighted by Gasteiger charge is 2.18. The first kappa shape index (κ1) is 14.3. The summed E-state index contributed by atoms with van der Waals surface area (Å²) in [7, 11) is 0. The molecule has 0 saturated carbocycles. The summed E-state index contributed by atoms with van der Waals surface area (Å²) in [5, 5.41) is 2.70. The highest BCUT2D eigenvalue weighted by molar-refractivity contribution is 6.04. The Morgan fingerprint density at radius 1 is 1.05 bits per heavy atom. The average molecular weight is 271 g/mol. The molecular weight excluding hydrogens is 253 g/mol. The predicted octanol–water partition coefficient (Wildman–Crippen LogP) is 4.38. The summed E-state index contributed by atoms with van der Waals surface area (Å²) in [6, 6.07) is 13.7. The number of para-hydroxylation sites is 1. The summed E-state index contributed by atoms with van der Waals surface area (Å²) in [4.78, 5) is 12.2. The van der Waals surface area contributed by atoms with E-state index in [1.165, 1.54) is 6.07 Å². The molecule has 1 amide bonds. The molecule has 0 bridgehead atoms. The number of carbonyl (C=O) groups is 1. The quantitative estimate of drug-likeness (QED) is 0.863. The van der Waals surface area contributed by atoms with Gasteiger partial charge in [0.05, 0.1) is 5.56 Å². The van der Waals surface area contributed by atoms with Crippen LogP contribution in [0.4, 0.5) is 10.1 Å². The number of halogens is 1. The zero-order valence-electron chi connectivity index (χ0n) is 11.9. The second-order valence-corrected chi connectivity index (χ2v) is 5.76. The van der Waals surface area contributed by atoms with Gasteiger partial charge in [-0.2, -0.15) is 0 Å². The van der Waals surface area contributed by atoms with Gasteiger partial charge in [-0.25, -0.2) is 4.39 Å². The molecule has 0 unspecified atom stereocenters. The molecule has 0 aliphatic heterocycles. The molecule has 0 radical (unpaired) electrons. The van der Waals surface area contributed by atoms with E-state index < -0.39 is 11.7 Å². The topological polar surface area (TPSA) is 29.1 Å². The van der Waals surface area contributed by atoms with Gasteiger partial charge in [0.1, 0.15) is 5.82 Å². The molecule has 2 aromatic carbocycles. The van der Waals surface area contributed by atoms with Crippen LogP contribution in [0.2, 0.25) is 0 Å². The van der Waals surface area contributed by atoms with Gasteiger partial charge < -0.3 is 5.32 Å². The molecular formula is C17H18FNO. The Bertz CT molecular complexity index is 615. The summed E-state index contributed by atoms with van der Waals surface area (Å²) >= 11 is 0. The standard InChI is InChI=1S/C17H18FNO/c1-17(2,3)12-9-10-15(18)14(11-12)16(20)19-13-7-5-4-6-8-13/h4-11H,1-3H3,(H,19,20). The van der Waals surface area contributed by atoms with Crippen LogP contribution in [0.25, 0.3) is 0 Å². The first-order valence-corrected chi connectivity index (χ1v) is 6.54. The molecule has 0 fully saturated rings. The van der Waals surface area contributed by atoms with Crippen molar-refractivity contribution in [2.45, 2.75) is 26.2 Å². The molecule has 104 valence electrons. The van der Waals surface area contributed by atoms with Crippen molar-refractivity contribution in [3.05, 3.63) is 65.5 Å². The van der Waals surface area contributed by atoms with E-state index in [-0.39, 0.29) is 11.0 Å². The number of hydrogen-bond acceptors (Lipinski definition) is 1. The Labute approximate surface area is 118 Å². The van der Waals surface area contributed by atoms with E-state index in [0.717, 1.165) is 5.56 Å². The van der Waals surface area contributed by atoms with Gasteiger partial charge in [-0.05, 0) is 35.2 Å². The first-order valence-electron chi connectivity index (χ1n) is 6.54. The van der Waals surface area contributed by atoms with E-state index in [1.807, 2.05) is 39.0 Å². The maximum Gasteiger partial charge on any atom is 0.258 e. The maximum absolute atomic E-state index is 13.9. The van der Waals surface area contributed by atoms with Gasteiger partial charge in [0, 0.05) is 5.69 Å². The SMILES string of the molecule is CC(C)(C)c1ccc(F)c(C(=O)Nc2ccccc2)c1. The van der Waals surface area contributed by atoms with Crippen molar-refractivity contribution < 1.29 is 9.18 Å². The summed E-state index contributed by atoms with van der Waals surface area (Å²) in [6.07, 6.45) is 0. The molecule has 0 spiro atoms. The van der Waals surface area contributed by atoms with Crippen molar-refractivity contribution in [1.29, 1.82) is 0 Å². The van der Waals surface area contributed by atoms with Crippen molar-refractivity contribution in [1.82, 2.24) is 0 Å². The third kappa shape index (κ3) is 3.23. The third-order valence-electron chi connectivity index (χ3n) is 3.11. The average Bonchev–Trinajstić information content (AvgIpc) is 2.39. The Morgan fingerprint density at radius 3 is 2.30 bits per heavy atom. The van der Waals surface area contributed by atoms with Crippen LogP contribution in [-0.4, -0.2) is 5.91 Å². The van der Waals surface area contributed by atoms with Crippen LogP contribution < -0.4 is 5.32 Å². The van der Waals surface area contributed by atoms with Crippen molar-refractivity contribution >= 4 is 11.6 Å². The van der Waals surface area contributed by atoms with Crippen LogP contribution in [0.3, 0.4) is 0 Å². The molecule has 0 aliphatic rings. The monoisotopic (exact) mass is 271 g/mol. The van der Waals surface area contributed by atoms with Crippen LogP contribution in [0.1, 0.15) is 36.7 Å². The summed E-state index contributed by atoms with van der Waals surface area (Å²) in [5.74, 6) is -0.939. The van der Waals surface area contributed by atoms with E-state index in [9.17, 15) is 9.18 Å². The lowest BCUT2D eigenvalue weighted by Crippen LogP contribution is -2.17. The number of nitrogens with one attached hydrogen (secondary N) is 1. The molecule has 0 saturated heterocycles. The number of carbonyl (C=O) groups excluding carboxylic acids is 1. The summed E-state index contributed by atoms with van der Waals surface area (Å²) < 4.78 is 13.9. The minimum absolute atomic E-state index is 0.0706. The minimum Gasteiger partial charge on any atom is -0.322 e. The normalized spacial score (nSPS) is 11.2. The van der Waals surface area contributed by atoms with Gasteiger partial charge in [0.15, 0.2) is 0 Å². The molecule has 0 heterocycles. The number of amides is 1. The number of hydrogen-bond donors (Lipinski definition) is 1. The fraction of sp³-hybridized carbons (Fsp3) is 0.235. The molecule has 3 heteroatoms. The maximum atomic E-state index is 13.9. The van der Waals surface area contributed by atoms with Crippen molar-refractivity contribution in [2.75, 3.05) is 5.32 Å². The molecule has 0 aromatic heterocycles. The van der Waals surface area contributed by atoms with Crippen LogP contribution in [0.15, 0.2) is 48.5 Å². The smallest absolute Gasteiger partial charge is 0.258 e. The lowest BCUT2D eigenvalue weighted by atomic mass is 9.86. The van der Waals surface area contributed by atoms with Gasteiger partial charge in [0.2, 0.25) is 0 Å². The molecule has 0 aliphatic carbocycles. The van der Waals surface area contributed by atoms with E-state index in [2.05, 4.69) is 5.32 Å². The van der Waals surface area contributed by atoms with E-state index in [4.69, 9.17) is 0 Å². The van der Waals surface area contributed by atoms with E-state index in [1.54, 1.807) is 24.3 Å². The molecule has 2 rings (SSSR count). The third-order valence-corrected chi connectivity index (χ3v) is 3.11. The zero-order valence-corrected chi connectivity index (χ0v) is 11.9. The van der Waals surface area contributed by atoms with Crippen LogP contribution in [0, 0.1) is 5.82 Å². The van der Waals surface area contributed by atoms with Crippen LogP contribution in [-0.2, 0) is 5.41 Å². The second kappa shape index (κ2) is 5.45. The molecule has 2 aromatic rings. The lowest BCUT2D eigenvalue weighted by molar-refractivity contribution is 0.102. The van der Waals surface area contributed by atoms with Crippen LogP contribution in [0.5, 0.6) is 0 Å². The van der Waals surface area contributed by atoms with Crippen molar-refractivity contribution in [2.24, 2.45) is 0 Å². The number of benzene rings is 2. The predicted molar refractivity (Wildman–Crippen MR) is 79.5 cm³/mol. The van der Waals surface area contributed by atoms with E-state index >= 15 is 0 Å². The highest BCUT2D eigenvalue weighted by atomic mass is 19.1.